The Balaban J connectivity index is 0.892. The van der Waals surface area contributed by atoms with E-state index in [-0.39, 0.29) is 42.6 Å². The van der Waals surface area contributed by atoms with Gasteiger partial charge in [-0.15, -0.1) is 11.3 Å². The lowest BCUT2D eigenvalue weighted by molar-refractivity contribution is -0.141. The van der Waals surface area contributed by atoms with Crippen LogP contribution in [0.4, 0.5) is 23.2 Å². The Morgan fingerprint density at radius 3 is 2.56 bits per heavy atom. The van der Waals surface area contributed by atoms with E-state index in [0.29, 0.717) is 47.4 Å². The van der Waals surface area contributed by atoms with Crippen LogP contribution in [0, 0.1) is 5.92 Å². The lowest BCUT2D eigenvalue weighted by Gasteiger charge is -2.38. The fourth-order valence-corrected chi connectivity index (χ4v) is 9.81. The van der Waals surface area contributed by atoms with Gasteiger partial charge < -0.3 is 15.0 Å². The number of imidazole rings is 1. The summed E-state index contributed by atoms with van der Waals surface area (Å²) in [4.78, 5) is 64.7. The Bertz CT molecular complexity index is 2440. The number of hydrogen-bond donors (Lipinski definition) is 2. The van der Waals surface area contributed by atoms with Crippen LogP contribution in [0.2, 0.25) is 0 Å². The predicted octanol–water partition coefficient (Wildman–Crippen LogP) is 6.10. The number of alkyl halides is 4. The van der Waals surface area contributed by atoms with E-state index in [2.05, 4.69) is 25.5 Å². The number of hydrogen-bond acceptors (Lipinski definition) is 10. The van der Waals surface area contributed by atoms with Crippen LogP contribution in [0.15, 0.2) is 47.5 Å². The number of anilines is 1. The summed E-state index contributed by atoms with van der Waals surface area (Å²) < 4.78 is 64.7. The lowest BCUT2D eigenvalue weighted by atomic mass is 9.81. The van der Waals surface area contributed by atoms with Crippen LogP contribution in [0.25, 0.3) is 21.3 Å². The first-order chi connectivity index (χ1) is 27.3. The fourth-order valence-electron chi connectivity index (χ4n) is 8.65. The zero-order valence-corrected chi connectivity index (χ0v) is 32.0. The second kappa shape index (κ2) is 15.3. The van der Waals surface area contributed by atoms with Crippen molar-refractivity contribution in [1.82, 2.24) is 34.3 Å². The summed E-state index contributed by atoms with van der Waals surface area (Å²) in [5.41, 5.74) is 0.763. The number of nitrogens with zero attached hydrogens (tertiary/aromatic N) is 6. The standard InChI is InChI=1S/C39H40F4N8O5S/c1-49-34-23(4-3-5-28(34)51(38(49)55)29-10-11-33(52)48-36(29)54)22-12-13-50(19-24(22)40)18-20-6-8-21(9-7-20)37-47-26-14-30(56-2)25(15-31(26)57-37)46-35(53)27-16-44-17-32(45-27)39(41,42)43/h3-5,14-17,20-22,24,29H,6-13,18-19H2,1-2H3,(H,46,53)(H,48,52,54)/t20?,21?,22-,24+,29?/m0/s1. The van der Waals surface area contributed by atoms with Gasteiger partial charge in [0.25, 0.3) is 5.91 Å². The minimum Gasteiger partial charge on any atom is -0.494 e. The number of imide groups is 1. The number of ether oxygens (including phenoxy) is 1. The van der Waals surface area contributed by atoms with Crippen LogP contribution in [-0.2, 0) is 22.8 Å². The fraction of sp³-hybridized carbons (Fsp3) is 0.462. The molecular weight excluding hydrogens is 769 g/mol. The molecule has 13 nitrogen and oxygen atoms in total. The first-order valence-corrected chi connectivity index (χ1v) is 19.7. The Morgan fingerprint density at radius 1 is 1.05 bits per heavy atom. The van der Waals surface area contributed by atoms with Gasteiger partial charge in [0, 0.05) is 44.5 Å². The molecule has 2 N–H and O–H groups in total. The number of aromatic nitrogens is 5. The van der Waals surface area contributed by atoms with Gasteiger partial charge in [-0.25, -0.2) is 19.2 Å². The van der Waals surface area contributed by atoms with Crippen LogP contribution in [0.3, 0.4) is 0 Å². The van der Waals surface area contributed by atoms with E-state index in [1.54, 1.807) is 31.3 Å². The van der Waals surface area contributed by atoms with Crippen molar-refractivity contribution in [3.8, 4) is 5.75 Å². The third-order valence-electron chi connectivity index (χ3n) is 11.5. The number of carbonyl (C=O) groups is 3. The summed E-state index contributed by atoms with van der Waals surface area (Å²) in [6, 6.07) is 8.03. The molecule has 1 saturated carbocycles. The Morgan fingerprint density at radius 2 is 1.84 bits per heavy atom. The number of benzene rings is 2. The van der Waals surface area contributed by atoms with Crippen molar-refractivity contribution < 1.29 is 36.7 Å². The van der Waals surface area contributed by atoms with Gasteiger partial charge in [-0.05, 0) is 68.7 Å². The summed E-state index contributed by atoms with van der Waals surface area (Å²) in [5.74, 6) is -1.21. The van der Waals surface area contributed by atoms with Gasteiger partial charge in [0.05, 0.1) is 51.4 Å². The number of amides is 3. The summed E-state index contributed by atoms with van der Waals surface area (Å²) in [5, 5.41) is 5.89. The largest absolute Gasteiger partial charge is 0.494 e. The highest BCUT2D eigenvalue weighted by atomic mass is 32.1. The van der Waals surface area contributed by atoms with Gasteiger partial charge in [-0.2, -0.15) is 13.2 Å². The zero-order valence-electron chi connectivity index (χ0n) is 31.1. The zero-order chi connectivity index (χ0) is 40.2. The molecule has 3 atom stereocenters. The van der Waals surface area contributed by atoms with Crippen molar-refractivity contribution in [2.75, 3.05) is 32.1 Å². The number of piperidine rings is 2. The number of carbonyl (C=O) groups excluding carboxylic acids is 3. The Kier molecular flexibility index (Phi) is 10.3. The molecule has 8 rings (SSSR count). The molecule has 300 valence electrons. The number of methoxy groups -OCH3 is 1. The van der Waals surface area contributed by atoms with Crippen LogP contribution in [0.5, 0.6) is 5.75 Å². The van der Waals surface area contributed by atoms with Crippen LogP contribution >= 0.6 is 11.3 Å². The normalized spacial score (nSPS) is 23.5. The molecule has 0 bridgehead atoms. The van der Waals surface area contributed by atoms with E-state index >= 15 is 4.39 Å². The van der Waals surface area contributed by atoms with Crippen molar-refractivity contribution in [2.24, 2.45) is 13.0 Å². The number of nitrogens with one attached hydrogen (secondary N) is 2. The van der Waals surface area contributed by atoms with E-state index in [1.165, 1.54) is 27.6 Å². The number of likely N-dealkylation sites (tertiary alicyclic amines) is 1. The summed E-state index contributed by atoms with van der Waals surface area (Å²) >= 11 is 1.50. The number of thiazole rings is 1. The molecule has 57 heavy (non-hydrogen) atoms. The van der Waals surface area contributed by atoms with Crippen molar-refractivity contribution in [2.45, 2.75) is 75.2 Å². The average molecular weight is 809 g/mol. The summed E-state index contributed by atoms with van der Waals surface area (Å²) in [7, 11) is 3.07. The highest BCUT2D eigenvalue weighted by Crippen LogP contribution is 2.42. The monoisotopic (exact) mass is 808 g/mol. The summed E-state index contributed by atoms with van der Waals surface area (Å²) in [6.07, 6.45) is 0.311. The molecule has 3 amide bonds. The van der Waals surface area contributed by atoms with Gasteiger partial charge in [-0.3, -0.25) is 33.8 Å². The molecule has 1 aliphatic carbocycles. The molecule has 3 aromatic heterocycles. The Labute approximate surface area is 327 Å². The van der Waals surface area contributed by atoms with Crippen molar-refractivity contribution in [1.29, 1.82) is 0 Å². The van der Waals surface area contributed by atoms with E-state index in [1.807, 2.05) is 6.07 Å². The highest BCUT2D eigenvalue weighted by Gasteiger charge is 2.37. The first kappa shape index (κ1) is 38.6. The smallest absolute Gasteiger partial charge is 0.434 e. The number of para-hydroxylation sites is 1. The first-order valence-electron chi connectivity index (χ1n) is 18.9. The Hall–Kier alpha value is -5.23. The van der Waals surface area contributed by atoms with Crippen LogP contribution in [0.1, 0.15) is 89.6 Å². The minimum absolute atomic E-state index is 0.141. The van der Waals surface area contributed by atoms with E-state index < -0.39 is 47.5 Å². The van der Waals surface area contributed by atoms with E-state index in [9.17, 15) is 32.3 Å². The molecule has 0 spiro atoms. The van der Waals surface area contributed by atoms with E-state index in [4.69, 9.17) is 9.72 Å². The van der Waals surface area contributed by atoms with Gasteiger partial charge in [0.1, 0.15) is 23.7 Å². The number of halogens is 4. The molecule has 5 aromatic rings. The predicted molar refractivity (Wildman–Crippen MR) is 203 cm³/mol. The molecule has 0 radical (unpaired) electrons. The second-order valence-electron chi connectivity index (χ2n) is 15.1. The molecule has 5 heterocycles. The van der Waals surface area contributed by atoms with Crippen LogP contribution in [-0.4, -0.2) is 79.6 Å². The maximum absolute atomic E-state index is 16.1. The SMILES string of the molecule is COc1cc2nc(C3CCC(CN4CC[C@@H](c5cccc6c5n(C)c(=O)n6C5CCC(=O)NC5=O)[C@H](F)C4)CC3)sc2cc1NC(=O)c1cncc(C(F)(F)F)n1. The van der Waals surface area contributed by atoms with Gasteiger partial charge in [0.2, 0.25) is 11.8 Å². The second-order valence-corrected chi connectivity index (χ2v) is 16.2. The quantitative estimate of drug-likeness (QED) is 0.140. The molecule has 2 aromatic carbocycles. The maximum atomic E-state index is 16.1. The number of aryl methyl sites for hydroxylation is 1. The van der Waals surface area contributed by atoms with Crippen molar-refractivity contribution >= 4 is 56.0 Å². The third kappa shape index (κ3) is 7.51. The molecule has 3 aliphatic rings. The topological polar surface area (TPSA) is 153 Å². The molecule has 3 fully saturated rings. The molecule has 2 saturated heterocycles. The number of fused-ring (bicyclic) bond motifs is 2. The van der Waals surface area contributed by atoms with Gasteiger partial charge in [-0.1, -0.05) is 12.1 Å². The summed E-state index contributed by atoms with van der Waals surface area (Å²) in [6.45, 7) is 1.77. The molecule has 1 unspecified atom stereocenters. The molecule has 2 aliphatic heterocycles. The van der Waals surface area contributed by atoms with E-state index in [0.717, 1.165) is 53.7 Å². The lowest BCUT2D eigenvalue weighted by Crippen LogP contribution is -2.44. The third-order valence-corrected chi connectivity index (χ3v) is 12.7. The van der Waals surface area contributed by atoms with Gasteiger partial charge in [0.15, 0.2) is 5.69 Å². The van der Waals surface area contributed by atoms with Crippen molar-refractivity contribution in [3.05, 3.63) is 75.2 Å². The molecule has 18 heteroatoms. The minimum atomic E-state index is -4.74. The molecular formula is C39H40F4N8O5S. The van der Waals surface area contributed by atoms with Crippen molar-refractivity contribution in [3.63, 3.8) is 0 Å². The number of rotatable bonds is 8. The average Bonchev–Trinajstić information content (AvgIpc) is 3.71. The van der Waals surface area contributed by atoms with Gasteiger partial charge >= 0.3 is 11.9 Å². The highest BCUT2D eigenvalue weighted by molar-refractivity contribution is 7.18. The van der Waals surface area contributed by atoms with Crippen LogP contribution < -0.4 is 21.1 Å². The maximum Gasteiger partial charge on any atom is 0.434 e.